The molecule has 0 spiro atoms. The van der Waals surface area contributed by atoms with Gasteiger partial charge >= 0.3 is 0 Å². The van der Waals surface area contributed by atoms with Gasteiger partial charge in [0, 0.05) is 37.8 Å². The summed E-state index contributed by atoms with van der Waals surface area (Å²) < 4.78 is 27.8. The summed E-state index contributed by atoms with van der Waals surface area (Å²) in [7, 11) is -3.59. The smallest absolute Gasteiger partial charge is 0.247 e. The van der Waals surface area contributed by atoms with Crippen LogP contribution in [0.3, 0.4) is 0 Å². The summed E-state index contributed by atoms with van der Waals surface area (Å²) in [6.07, 6.45) is 3.82. The molecule has 2 aromatic carbocycles. The van der Waals surface area contributed by atoms with Gasteiger partial charge in [-0.15, -0.1) is 0 Å². The largest absolute Gasteiger partial charge is 0.324 e. The molecular formula is C25H31N3O4S. The van der Waals surface area contributed by atoms with Crippen LogP contribution in [0.2, 0.25) is 0 Å². The maximum absolute atomic E-state index is 13.3. The fourth-order valence-electron chi connectivity index (χ4n) is 4.85. The van der Waals surface area contributed by atoms with Gasteiger partial charge in [0.25, 0.3) is 0 Å². The van der Waals surface area contributed by atoms with Gasteiger partial charge in [0.1, 0.15) is 6.04 Å². The monoisotopic (exact) mass is 469 g/mol. The van der Waals surface area contributed by atoms with E-state index in [0.717, 1.165) is 42.5 Å². The van der Waals surface area contributed by atoms with Crippen LogP contribution in [0.4, 0.5) is 11.4 Å². The fourth-order valence-corrected chi connectivity index (χ4v) is 6.42. The van der Waals surface area contributed by atoms with Gasteiger partial charge in [0.2, 0.25) is 21.8 Å². The number of nitrogens with zero attached hydrogens (tertiary/aromatic N) is 2. The van der Waals surface area contributed by atoms with Gasteiger partial charge in [-0.2, -0.15) is 4.31 Å². The van der Waals surface area contributed by atoms with E-state index in [-0.39, 0.29) is 23.1 Å². The number of amides is 2. The third-order valence-electron chi connectivity index (χ3n) is 6.62. The molecule has 2 aliphatic heterocycles. The molecule has 33 heavy (non-hydrogen) atoms. The fraction of sp³-hybridized carbons (Fsp3) is 0.440. The molecule has 0 aromatic heterocycles. The molecule has 2 aliphatic rings. The molecule has 8 heteroatoms. The molecule has 0 saturated carbocycles. The van der Waals surface area contributed by atoms with Crippen molar-refractivity contribution in [3.8, 4) is 0 Å². The minimum absolute atomic E-state index is 0.222. The van der Waals surface area contributed by atoms with E-state index >= 15 is 0 Å². The molecule has 1 unspecified atom stereocenters. The third kappa shape index (κ3) is 4.42. The Balaban J connectivity index is 1.63. The van der Waals surface area contributed by atoms with E-state index in [0.29, 0.717) is 24.3 Å². The van der Waals surface area contributed by atoms with Crippen molar-refractivity contribution in [3.63, 3.8) is 0 Å². The highest BCUT2D eigenvalue weighted by atomic mass is 32.2. The lowest BCUT2D eigenvalue weighted by atomic mass is 10.0. The van der Waals surface area contributed by atoms with Crippen LogP contribution in [0.25, 0.3) is 0 Å². The molecule has 176 valence electrons. The average molecular weight is 470 g/mol. The number of rotatable bonds is 5. The van der Waals surface area contributed by atoms with E-state index < -0.39 is 16.1 Å². The second kappa shape index (κ2) is 9.27. The van der Waals surface area contributed by atoms with Gasteiger partial charge in [0.15, 0.2) is 0 Å². The number of hydrogen-bond donors (Lipinski definition) is 1. The number of anilines is 2. The Kier molecular flexibility index (Phi) is 6.59. The van der Waals surface area contributed by atoms with Crippen LogP contribution in [0.5, 0.6) is 0 Å². The number of carbonyl (C=O) groups is 2. The highest BCUT2D eigenvalue weighted by molar-refractivity contribution is 7.89. The molecule has 2 aromatic rings. The van der Waals surface area contributed by atoms with Crippen molar-refractivity contribution >= 4 is 33.2 Å². The predicted molar refractivity (Wildman–Crippen MR) is 129 cm³/mol. The van der Waals surface area contributed by atoms with Crippen molar-refractivity contribution in [2.24, 2.45) is 0 Å². The van der Waals surface area contributed by atoms with Crippen LogP contribution in [0, 0.1) is 6.92 Å². The molecule has 1 fully saturated rings. The summed E-state index contributed by atoms with van der Waals surface area (Å²) in [5.41, 5.74) is 4.06. The lowest BCUT2D eigenvalue weighted by Crippen LogP contribution is -2.44. The van der Waals surface area contributed by atoms with Crippen LogP contribution in [0.1, 0.15) is 49.8 Å². The molecule has 2 amide bonds. The van der Waals surface area contributed by atoms with Crippen LogP contribution >= 0.6 is 0 Å². The van der Waals surface area contributed by atoms with Crippen molar-refractivity contribution in [2.45, 2.75) is 63.8 Å². The Labute approximate surface area is 195 Å². The summed E-state index contributed by atoms with van der Waals surface area (Å²) in [6.45, 7) is 6.46. The van der Waals surface area contributed by atoms with Crippen molar-refractivity contribution in [2.75, 3.05) is 23.3 Å². The molecule has 1 N–H and O–H groups in total. The minimum atomic E-state index is -3.59. The zero-order valence-corrected chi connectivity index (χ0v) is 20.2. The lowest BCUT2D eigenvalue weighted by Gasteiger charge is -2.26. The minimum Gasteiger partial charge on any atom is -0.324 e. The van der Waals surface area contributed by atoms with Crippen molar-refractivity contribution in [3.05, 3.63) is 53.1 Å². The highest BCUT2D eigenvalue weighted by Crippen LogP contribution is 2.36. The van der Waals surface area contributed by atoms with Gasteiger partial charge in [0.05, 0.1) is 4.90 Å². The van der Waals surface area contributed by atoms with E-state index in [1.165, 1.54) is 16.1 Å². The number of benzene rings is 2. The molecule has 0 bridgehead atoms. The van der Waals surface area contributed by atoms with Gasteiger partial charge in [-0.1, -0.05) is 31.5 Å². The topological polar surface area (TPSA) is 86.8 Å². The molecule has 4 rings (SSSR count). The first-order valence-corrected chi connectivity index (χ1v) is 13.0. The van der Waals surface area contributed by atoms with Crippen molar-refractivity contribution in [1.82, 2.24) is 4.31 Å². The number of sulfonamides is 1. The van der Waals surface area contributed by atoms with Gasteiger partial charge in [-0.25, -0.2) is 8.42 Å². The first-order valence-electron chi connectivity index (χ1n) is 11.6. The number of carbonyl (C=O) groups excluding carboxylic acids is 2. The maximum atomic E-state index is 13.3. The second-order valence-electron chi connectivity index (χ2n) is 8.82. The van der Waals surface area contributed by atoms with Gasteiger partial charge in [-0.05, 0) is 61.1 Å². The molecule has 0 aliphatic carbocycles. The van der Waals surface area contributed by atoms with E-state index in [2.05, 4.69) is 5.32 Å². The third-order valence-corrected chi connectivity index (χ3v) is 8.51. The molecule has 1 atom stereocenters. The number of para-hydroxylation sites is 1. The quantitative estimate of drug-likeness (QED) is 0.724. The SMILES string of the molecule is CCc1cccc(C)c1NC(=O)C1Cc2cc(S(=O)(=O)N3CCCCC3)ccc2N1C(C)=O. The van der Waals surface area contributed by atoms with Crippen molar-refractivity contribution < 1.29 is 18.0 Å². The Morgan fingerprint density at radius 1 is 1.09 bits per heavy atom. The van der Waals surface area contributed by atoms with Gasteiger partial charge < -0.3 is 5.32 Å². The summed E-state index contributed by atoms with van der Waals surface area (Å²) in [4.78, 5) is 27.5. The number of hydrogen-bond acceptors (Lipinski definition) is 4. The molecule has 7 nitrogen and oxygen atoms in total. The maximum Gasteiger partial charge on any atom is 0.247 e. The first-order chi connectivity index (χ1) is 15.7. The number of aryl methyl sites for hydroxylation is 2. The second-order valence-corrected chi connectivity index (χ2v) is 10.8. The van der Waals surface area contributed by atoms with Crippen LogP contribution in [-0.2, 0) is 32.5 Å². The Morgan fingerprint density at radius 2 is 1.82 bits per heavy atom. The standard InChI is InChI=1S/C25H31N3O4S/c1-4-19-10-8-9-17(2)24(19)26-25(30)23-16-20-15-21(11-12-22(20)28(23)18(3)29)33(31,32)27-13-6-5-7-14-27/h8-12,15,23H,4-7,13-14,16H2,1-3H3,(H,26,30). The zero-order valence-electron chi connectivity index (χ0n) is 19.4. The Morgan fingerprint density at radius 3 is 2.48 bits per heavy atom. The van der Waals surface area contributed by atoms with Crippen LogP contribution in [-0.4, -0.2) is 43.7 Å². The van der Waals surface area contributed by atoms with E-state index in [9.17, 15) is 18.0 Å². The van der Waals surface area contributed by atoms with E-state index in [1.807, 2.05) is 32.0 Å². The first kappa shape index (κ1) is 23.4. The number of piperidine rings is 1. The summed E-state index contributed by atoms with van der Waals surface area (Å²) >= 11 is 0. The molecule has 0 radical (unpaired) electrons. The molecule has 2 heterocycles. The normalized spacial score (nSPS) is 18.8. The average Bonchev–Trinajstić information content (AvgIpc) is 3.20. The van der Waals surface area contributed by atoms with Crippen LogP contribution in [0.15, 0.2) is 41.3 Å². The lowest BCUT2D eigenvalue weighted by molar-refractivity contribution is -0.122. The highest BCUT2D eigenvalue weighted by Gasteiger charge is 2.38. The van der Waals surface area contributed by atoms with Gasteiger partial charge in [-0.3, -0.25) is 14.5 Å². The summed E-state index contributed by atoms with van der Waals surface area (Å²) in [6, 6.07) is 10.00. The zero-order chi connectivity index (χ0) is 23.8. The molecule has 1 saturated heterocycles. The summed E-state index contributed by atoms with van der Waals surface area (Å²) in [5, 5.41) is 3.03. The Hall–Kier alpha value is -2.71. The Bertz CT molecular complexity index is 1190. The molecular weight excluding hydrogens is 438 g/mol. The van der Waals surface area contributed by atoms with Crippen molar-refractivity contribution in [1.29, 1.82) is 0 Å². The number of nitrogens with one attached hydrogen (secondary N) is 1. The number of fused-ring (bicyclic) bond motifs is 1. The van der Waals surface area contributed by atoms with E-state index in [4.69, 9.17) is 0 Å². The van der Waals surface area contributed by atoms with E-state index in [1.54, 1.807) is 18.2 Å². The summed E-state index contributed by atoms with van der Waals surface area (Å²) in [5.74, 6) is -0.521. The van der Waals surface area contributed by atoms with Crippen LogP contribution < -0.4 is 10.2 Å². The predicted octanol–water partition coefficient (Wildman–Crippen LogP) is 3.65.